The third-order valence-electron chi connectivity index (χ3n) is 4.73. The summed E-state index contributed by atoms with van der Waals surface area (Å²) in [7, 11) is 0. The first-order valence-electron chi connectivity index (χ1n) is 9.57. The van der Waals surface area contributed by atoms with E-state index in [0.29, 0.717) is 23.7 Å². The first-order valence-corrected chi connectivity index (χ1v) is 9.57. The Morgan fingerprint density at radius 1 is 1.10 bits per heavy atom. The number of anilines is 1. The number of amides is 1. The zero-order valence-corrected chi connectivity index (χ0v) is 16.5. The summed E-state index contributed by atoms with van der Waals surface area (Å²) < 4.78 is 7.49. The van der Waals surface area contributed by atoms with Crippen molar-refractivity contribution in [3.05, 3.63) is 84.1 Å². The molecule has 2 aromatic carbocycles. The number of aromatic nitrogens is 2. The number of nitrogens with zero attached hydrogens (tertiary/aromatic N) is 3. The Labute approximate surface area is 174 Å². The van der Waals surface area contributed by atoms with Gasteiger partial charge in [-0.1, -0.05) is 48.5 Å². The molecule has 0 spiro atoms. The average molecular weight is 396 g/mol. The highest BCUT2D eigenvalue weighted by atomic mass is 16.5. The molecule has 0 aliphatic heterocycles. The average Bonchev–Trinajstić information content (AvgIpc) is 3.14. The maximum atomic E-state index is 12.6. The molecule has 0 aliphatic carbocycles. The SMILES string of the molecule is Cc1cccn2c(NC(=O)COc3ccc(CC#N)cc3)c(-c3ccccc3)nc12. The van der Waals surface area contributed by atoms with Crippen molar-refractivity contribution in [1.29, 1.82) is 5.26 Å². The minimum absolute atomic E-state index is 0.134. The van der Waals surface area contributed by atoms with E-state index in [-0.39, 0.29) is 12.5 Å². The van der Waals surface area contributed by atoms with Gasteiger partial charge in [-0.3, -0.25) is 9.20 Å². The van der Waals surface area contributed by atoms with Crippen LogP contribution in [0.25, 0.3) is 16.9 Å². The number of fused-ring (bicyclic) bond motifs is 1. The normalized spacial score (nSPS) is 10.5. The highest BCUT2D eigenvalue weighted by molar-refractivity contribution is 5.95. The van der Waals surface area contributed by atoms with Crippen LogP contribution in [0.15, 0.2) is 72.9 Å². The van der Waals surface area contributed by atoms with Crippen LogP contribution in [0.5, 0.6) is 5.75 Å². The highest BCUT2D eigenvalue weighted by Gasteiger charge is 2.17. The second-order valence-electron chi connectivity index (χ2n) is 6.88. The summed E-state index contributed by atoms with van der Waals surface area (Å²) in [6.45, 7) is 1.85. The van der Waals surface area contributed by atoms with Crippen LogP contribution in [0.3, 0.4) is 0 Å². The predicted molar refractivity (Wildman–Crippen MR) is 115 cm³/mol. The summed E-state index contributed by atoms with van der Waals surface area (Å²) in [6.07, 6.45) is 2.23. The monoisotopic (exact) mass is 396 g/mol. The standard InChI is InChI=1S/C24H20N4O2/c1-17-6-5-15-28-23(17)27-22(19-7-3-2-4-8-19)24(28)26-21(29)16-30-20-11-9-18(10-12-20)13-14-25/h2-12,15H,13,16H2,1H3,(H,26,29). The predicted octanol–water partition coefficient (Wildman–Crippen LogP) is 4.39. The van der Waals surface area contributed by atoms with Crippen LogP contribution in [0.4, 0.5) is 5.82 Å². The second-order valence-corrected chi connectivity index (χ2v) is 6.88. The number of hydrogen-bond acceptors (Lipinski definition) is 4. The van der Waals surface area contributed by atoms with Gasteiger partial charge in [0.25, 0.3) is 5.91 Å². The maximum absolute atomic E-state index is 12.6. The Morgan fingerprint density at radius 3 is 2.60 bits per heavy atom. The van der Waals surface area contributed by atoms with Gasteiger partial charge in [-0.2, -0.15) is 5.26 Å². The molecular formula is C24H20N4O2. The topological polar surface area (TPSA) is 79.4 Å². The molecule has 30 heavy (non-hydrogen) atoms. The summed E-state index contributed by atoms with van der Waals surface area (Å²) in [5.74, 6) is 0.901. The molecule has 1 amide bonds. The molecule has 2 heterocycles. The van der Waals surface area contributed by atoms with E-state index in [1.54, 1.807) is 12.1 Å². The van der Waals surface area contributed by atoms with Crippen molar-refractivity contribution in [3.63, 3.8) is 0 Å². The lowest BCUT2D eigenvalue weighted by molar-refractivity contribution is -0.118. The number of benzene rings is 2. The Morgan fingerprint density at radius 2 is 1.87 bits per heavy atom. The van der Waals surface area contributed by atoms with E-state index in [4.69, 9.17) is 15.0 Å². The van der Waals surface area contributed by atoms with Gasteiger partial charge in [-0.05, 0) is 36.2 Å². The van der Waals surface area contributed by atoms with E-state index in [9.17, 15) is 4.79 Å². The number of nitrogens with one attached hydrogen (secondary N) is 1. The molecule has 2 aromatic heterocycles. The molecule has 0 unspecified atom stereocenters. The summed E-state index contributed by atoms with van der Waals surface area (Å²) >= 11 is 0. The smallest absolute Gasteiger partial charge is 0.263 e. The number of pyridine rings is 1. The van der Waals surface area contributed by atoms with Crippen molar-refractivity contribution < 1.29 is 9.53 Å². The quantitative estimate of drug-likeness (QED) is 0.524. The van der Waals surface area contributed by atoms with Gasteiger partial charge in [0.05, 0.1) is 12.5 Å². The largest absolute Gasteiger partial charge is 0.484 e. The van der Waals surface area contributed by atoms with Crippen LogP contribution in [-0.2, 0) is 11.2 Å². The molecule has 148 valence electrons. The fourth-order valence-electron chi connectivity index (χ4n) is 3.23. The molecule has 0 bridgehead atoms. The van der Waals surface area contributed by atoms with E-state index < -0.39 is 0 Å². The molecule has 0 aliphatic rings. The fourth-order valence-corrected chi connectivity index (χ4v) is 3.23. The number of nitriles is 1. The number of rotatable bonds is 6. The van der Waals surface area contributed by atoms with Crippen molar-refractivity contribution in [2.75, 3.05) is 11.9 Å². The van der Waals surface area contributed by atoms with Gasteiger partial charge in [-0.25, -0.2) is 4.98 Å². The first kappa shape index (κ1) is 19.2. The Hall–Kier alpha value is -4.11. The van der Waals surface area contributed by atoms with Crippen molar-refractivity contribution in [1.82, 2.24) is 9.38 Å². The molecule has 0 radical (unpaired) electrons. The fraction of sp³-hybridized carbons (Fsp3) is 0.125. The Kier molecular flexibility index (Phi) is 5.44. The molecule has 0 atom stereocenters. The van der Waals surface area contributed by atoms with E-state index >= 15 is 0 Å². The van der Waals surface area contributed by atoms with Gasteiger partial charge in [0.15, 0.2) is 6.61 Å². The number of ether oxygens (including phenoxy) is 1. The molecule has 0 fully saturated rings. The van der Waals surface area contributed by atoms with Crippen molar-refractivity contribution in [2.45, 2.75) is 13.3 Å². The molecule has 6 heteroatoms. The number of imidazole rings is 1. The molecule has 4 rings (SSSR count). The maximum Gasteiger partial charge on any atom is 0.263 e. The zero-order chi connectivity index (χ0) is 20.9. The minimum Gasteiger partial charge on any atom is -0.484 e. The van der Waals surface area contributed by atoms with Crippen LogP contribution >= 0.6 is 0 Å². The Balaban J connectivity index is 1.56. The van der Waals surface area contributed by atoms with Crippen molar-refractivity contribution in [2.24, 2.45) is 0 Å². The molecule has 0 saturated carbocycles. The third kappa shape index (κ3) is 4.01. The number of aryl methyl sites for hydroxylation is 1. The van der Waals surface area contributed by atoms with Gasteiger partial charge in [0, 0.05) is 11.8 Å². The lowest BCUT2D eigenvalue weighted by Crippen LogP contribution is -2.21. The van der Waals surface area contributed by atoms with E-state index in [2.05, 4.69) is 11.4 Å². The zero-order valence-electron chi connectivity index (χ0n) is 16.5. The van der Waals surface area contributed by atoms with Crippen molar-refractivity contribution in [3.8, 4) is 23.1 Å². The van der Waals surface area contributed by atoms with Crippen LogP contribution in [0.2, 0.25) is 0 Å². The van der Waals surface area contributed by atoms with E-state index in [1.165, 1.54) is 0 Å². The lowest BCUT2D eigenvalue weighted by Gasteiger charge is -2.10. The van der Waals surface area contributed by atoms with Gasteiger partial charge >= 0.3 is 0 Å². The van der Waals surface area contributed by atoms with Crippen LogP contribution < -0.4 is 10.1 Å². The number of carbonyl (C=O) groups is 1. The minimum atomic E-state index is -0.281. The molecule has 6 nitrogen and oxygen atoms in total. The summed E-state index contributed by atoms with van der Waals surface area (Å²) in [4.78, 5) is 17.4. The molecular weight excluding hydrogens is 376 g/mol. The van der Waals surface area contributed by atoms with Gasteiger partial charge < -0.3 is 10.1 Å². The lowest BCUT2D eigenvalue weighted by atomic mass is 10.1. The van der Waals surface area contributed by atoms with Gasteiger partial charge in [-0.15, -0.1) is 0 Å². The molecule has 4 aromatic rings. The first-order chi connectivity index (χ1) is 14.7. The van der Waals surface area contributed by atoms with E-state index in [1.807, 2.05) is 72.1 Å². The summed E-state index contributed by atoms with van der Waals surface area (Å²) in [5, 5.41) is 11.7. The highest BCUT2D eigenvalue weighted by Crippen LogP contribution is 2.29. The van der Waals surface area contributed by atoms with Crippen LogP contribution in [0.1, 0.15) is 11.1 Å². The molecule has 1 N–H and O–H groups in total. The van der Waals surface area contributed by atoms with Crippen molar-refractivity contribution >= 4 is 17.4 Å². The Bertz CT molecular complexity index is 1220. The van der Waals surface area contributed by atoms with Gasteiger partial charge in [0.2, 0.25) is 0 Å². The third-order valence-corrected chi connectivity index (χ3v) is 4.73. The van der Waals surface area contributed by atoms with Gasteiger partial charge in [0.1, 0.15) is 22.9 Å². The van der Waals surface area contributed by atoms with Crippen LogP contribution in [0, 0.1) is 18.3 Å². The van der Waals surface area contributed by atoms with Crippen LogP contribution in [-0.4, -0.2) is 21.9 Å². The molecule has 0 saturated heterocycles. The number of carbonyl (C=O) groups excluding carboxylic acids is 1. The van der Waals surface area contributed by atoms with E-state index in [0.717, 1.165) is 22.3 Å². The second kappa shape index (κ2) is 8.50. The summed E-state index contributed by atoms with van der Waals surface area (Å²) in [6, 6.07) is 22.9. The number of hydrogen-bond donors (Lipinski definition) is 1. The summed E-state index contributed by atoms with van der Waals surface area (Å²) in [5.41, 5.74) is 4.34.